The number of nitrogens with zero attached hydrogens (tertiary/aromatic N) is 2. The Bertz CT molecular complexity index is 1410. The van der Waals surface area contributed by atoms with Gasteiger partial charge in [-0.1, -0.05) is 97.1 Å². The van der Waals surface area contributed by atoms with Crippen molar-refractivity contribution in [2.75, 3.05) is 6.61 Å². The summed E-state index contributed by atoms with van der Waals surface area (Å²) in [6.45, 7) is 4.02. The molecular weight excluding hydrogens is 495 g/mol. The molecule has 0 N–H and O–H groups in total. The van der Waals surface area contributed by atoms with Gasteiger partial charge in [0.1, 0.15) is 5.70 Å². The number of esters is 1. The summed E-state index contributed by atoms with van der Waals surface area (Å²) in [6.07, 6.45) is 1.79. The number of hydrogen-bond acceptors (Lipinski definition) is 5. The van der Waals surface area contributed by atoms with Crippen LogP contribution in [0.3, 0.4) is 0 Å². The van der Waals surface area contributed by atoms with Gasteiger partial charge in [-0.25, -0.2) is 9.54 Å². The third kappa shape index (κ3) is 5.93. The van der Waals surface area contributed by atoms with Crippen molar-refractivity contribution in [1.82, 2.24) is 0 Å². The van der Waals surface area contributed by atoms with Crippen LogP contribution in [0.5, 0.6) is 0 Å². The van der Waals surface area contributed by atoms with Crippen molar-refractivity contribution >= 4 is 58.1 Å². The summed E-state index contributed by atoms with van der Waals surface area (Å²) in [7, 11) is -2.66. The van der Waals surface area contributed by atoms with E-state index in [-0.39, 0.29) is 12.3 Å². The zero-order valence-corrected chi connectivity index (χ0v) is 22.5. The molecule has 0 radical (unpaired) electrons. The Morgan fingerprint density at radius 1 is 0.865 bits per heavy atom. The highest BCUT2D eigenvalue weighted by molar-refractivity contribution is 7.87. The lowest BCUT2D eigenvalue weighted by molar-refractivity contribution is -0.138. The van der Waals surface area contributed by atoms with Crippen LogP contribution in [0.15, 0.2) is 125 Å². The Labute approximate surface area is 223 Å². The first-order chi connectivity index (χ1) is 18.1. The van der Waals surface area contributed by atoms with Gasteiger partial charge in [-0.2, -0.15) is 4.99 Å². The van der Waals surface area contributed by atoms with Crippen LogP contribution in [0.4, 0.5) is 5.69 Å². The molecule has 0 aliphatic carbocycles. The third-order valence-electron chi connectivity index (χ3n) is 5.86. The Hall–Kier alpha value is -3.88. The number of aliphatic imine (C=N–C) groups is 1. The highest BCUT2D eigenvalue weighted by Gasteiger charge is 2.29. The first kappa shape index (κ1) is 26.2. The SMILES string of the molecule is CCOC(=O)/C(=C/c1cc(N=C=S)ccc1C)N=P(c1ccccc1)(c1ccccc1)c1ccccc1. The zero-order valence-electron chi connectivity index (χ0n) is 20.7. The Balaban J connectivity index is 2.12. The van der Waals surface area contributed by atoms with E-state index in [0.717, 1.165) is 27.0 Å². The van der Waals surface area contributed by atoms with Gasteiger partial charge in [-0.3, -0.25) is 0 Å². The molecule has 4 nitrogen and oxygen atoms in total. The number of ether oxygens (including phenoxy) is 1. The molecule has 0 saturated carbocycles. The lowest BCUT2D eigenvalue weighted by Crippen LogP contribution is -2.26. The zero-order chi connectivity index (χ0) is 26.1. The van der Waals surface area contributed by atoms with E-state index in [1.54, 1.807) is 13.0 Å². The number of carbonyl (C=O) groups is 1. The molecule has 0 bridgehead atoms. The van der Waals surface area contributed by atoms with Gasteiger partial charge in [-0.05, 0) is 55.4 Å². The van der Waals surface area contributed by atoms with E-state index in [1.807, 2.05) is 79.7 Å². The molecular formula is C31H27N2O2PS. The van der Waals surface area contributed by atoms with Crippen molar-refractivity contribution in [3.8, 4) is 0 Å². The summed E-state index contributed by atoms with van der Waals surface area (Å²) in [5.74, 6) is -0.474. The summed E-state index contributed by atoms with van der Waals surface area (Å²) < 4.78 is 10.9. The van der Waals surface area contributed by atoms with E-state index in [2.05, 4.69) is 46.6 Å². The van der Waals surface area contributed by atoms with Crippen molar-refractivity contribution in [2.45, 2.75) is 13.8 Å². The number of aryl methyl sites for hydroxylation is 1. The summed E-state index contributed by atoms with van der Waals surface area (Å²) in [5.41, 5.74) is 2.69. The fourth-order valence-corrected chi connectivity index (χ4v) is 7.72. The summed E-state index contributed by atoms with van der Waals surface area (Å²) in [5, 5.41) is 5.53. The molecule has 37 heavy (non-hydrogen) atoms. The summed E-state index contributed by atoms with van der Waals surface area (Å²) >= 11 is 4.79. The number of rotatable bonds is 8. The van der Waals surface area contributed by atoms with Crippen LogP contribution < -0.4 is 15.9 Å². The van der Waals surface area contributed by atoms with E-state index < -0.39 is 13.0 Å². The largest absolute Gasteiger partial charge is 0.461 e. The maximum Gasteiger partial charge on any atom is 0.356 e. The van der Waals surface area contributed by atoms with Crippen molar-refractivity contribution in [3.63, 3.8) is 0 Å². The van der Waals surface area contributed by atoms with Gasteiger partial charge in [-0.15, -0.1) is 0 Å². The van der Waals surface area contributed by atoms with E-state index in [4.69, 9.17) is 21.7 Å². The van der Waals surface area contributed by atoms with E-state index in [9.17, 15) is 4.79 Å². The Morgan fingerprint density at radius 3 is 1.84 bits per heavy atom. The Morgan fingerprint density at radius 2 is 1.38 bits per heavy atom. The summed E-state index contributed by atoms with van der Waals surface area (Å²) in [6, 6.07) is 36.2. The standard InChI is InChI=1S/C31H27N2O2PS/c1-3-35-31(34)30(22-25-21-26(32-23-37)20-19-24(25)2)33-36(27-13-7-4-8-14-27,28-15-9-5-10-16-28)29-17-11-6-12-18-29/h4-22H,3H2,1-2H3/b30-22-. The predicted octanol–water partition coefficient (Wildman–Crippen LogP) is 6.81. The van der Waals surface area contributed by atoms with E-state index in [0.29, 0.717) is 5.69 Å². The molecule has 4 aromatic carbocycles. The highest BCUT2D eigenvalue weighted by atomic mass is 32.1. The Kier molecular flexibility index (Phi) is 8.77. The molecule has 184 valence electrons. The molecule has 0 heterocycles. The van der Waals surface area contributed by atoms with Gasteiger partial charge >= 0.3 is 5.97 Å². The maximum atomic E-state index is 13.4. The molecule has 0 amide bonds. The average Bonchev–Trinajstić information content (AvgIpc) is 2.94. The number of isothiocyanates is 1. The average molecular weight is 523 g/mol. The van der Waals surface area contributed by atoms with Crippen molar-refractivity contribution in [3.05, 3.63) is 126 Å². The minimum absolute atomic E-state index is 0.243. The van der Waals surface area contributed by atoms with Crippen LogP contribution in [0.1, 0.15) is 18.1 Å². The van der Waals surface area contributed by atoms with Crippen LogP contribution in [0, 0.1) is 6.92 Å². The molecule has 6 heteroatoms. The third-order valence-corrected chi connectivity index (χ3v) is 9.60. The molecule has 0 aromatic heterocycles. The fraction of sp³-hybridized carbons (Fsp3) is 0.0968. The number of thiocarbonyl (C=S) groups is 1. The molecule has 0 aliphatic heterocycles. The van der Waals surface area contributed by atoms with E-state index >= 15 is 0 Å². The number of carbonyl (C=O) groups excluding carboxylic acids is 1. The topological polar surface area (TPSA) is 51.0 Å². The van der Waals surface area contributed by atoms with Gasteiger partial charge in [0, 0.05) is 15.9 Å². The monoisotopic (exact) mass is 522 g/mol. The van der Waals surface area contributed by atoms with Gasteiger partial charge in [0.15, 0.2) is 0 Å². The lowest BCUT2D eigenvalue weighted by atomic mass is 10.1. The predicted molar refractivity (Wildman–Crippen MR) is 158 cm³/mol. The molecule has 0 fully saturated rings. The van der Waals surface area contributed by atoms with Crippen LogP contribution in [0.25, 0.3) is 6.08 Å². The van der Waals surface area contributed by atoms with Gasteiger partial charge < -0.3 is 4.74 Å². The molecule has 0 aliphatic rings. The van der Waals surface area contributed by atoms with Crippen LogP contribution in [0.2, 0.25) is 0 Å². The fourth-order valence-electron chi connectivity index (χ4n) is 4.10. The summed E-state index contributed by atoms with van der Waals surface area (Å²) in [4.78, 5) is 17.5. The number of hydrogen-bond donors (Lipinski definition) is 0. The normalized spacial score (nSPS) is 11.4. The smallest absolute Gasteiger partial charge is 0.356 e. The second-order valence-electron chi connectivity index (χ2n) is 8.24. The van der Waals surface area contributed by atoms with Crippen LogP contribution >= 0.6 is 19.3 Å². The van der Waals surface area contributed by atoms with Crippen LogP contribution in [-0.4, -0.2) is 17.7 Å². The second kappa shape index (κ2) is 12.4. The minimum Gasteiger partial charge on any atom is -0.461 e. The maximum absolute atomic E-state index is 13.4. The van der Waals surface area contributed by atoms with Crippen LogP contribution in [-0.2, 0) is 9.53 Å². The second-order valence-corrected chi connectivity index (χ2v) is 11.4. The molecule has 4 aromatic rings. The molecule has 0 saturated heterocycles. The first-order valence-corrected chi connectivity index (χ1v) is 14.1. The van der Waals surface area contributed by atoms with Crippen molar-refractivity contribution in [2.24, 2.45) is 9.74 Å². The quantitative estimate of drug-likeness (QED) is 0.0840. The number of benzene rings is 4. The van der Waals surface area contributed by atoms with E-state index in [1.165, 1.54) is 0 Å². The van der Waals surface area contributed by atoms with Gasteiger partial charge in [0.05, 0.1) is 24.5 Å². The lowest BCUT2D eigenvalue weighted by Gasteiger charge is -2.27. The molecule has 0 atom stereocenters. The van der Waals surface area contributed by atoms with Crippen molar-refractivity contribution in [1.29, 1.82) is 0 Å². The minimum atomic E-state index is -2.66. The molecule has 0 unspecified atom stereocenters. The van der Waals surface area contributed by atoms with Crippen molar-refractivity contribution < 1.29 is 9.53 Å². The molecule has 4 rings (SSSR count). The highest BCUT2D eigenvalue weighted by Crippen LogP contribution is 2.48. The molecule has 0 spiro atoms. The first-order valence-electron chi connectivity index (χ1n) is 11.9. The van der Waals surface area contributed by atoms with Gasteiger partial charge in [0.2, 0.25) is 0 Å². The van der Waals surface area contributed by atoms with Gasteiger partial charge in [0.25, 0.3) is 0 Å².